The van der Waals surface area contributed by atoms with E-state index in [1.54, 1.807) is 12.4 Å². The molecule has 0 saturated heterocycles. The Morgan fingerprint density at radius 3 is 2.26 bits per heavy atom. The van der Waals surface area contributed by atoms with E-state index in [4.69, 9.17) is 4.99 Å². The third-order valence-electron chi connectivity index (χ3n) is 2.87. The summed E-state index contributed by atoms with van der Waals surface area (Å²) in [6.45, 7) is 0. The second-order valence-corrected chi connectivity index (χ2v) is 5.44. The number of aliphatic imine (C=N–C) groups is 1. The summed E-state index contributed by atoms with van der Waals surface area (Å²) in [6, 6.07) is 11.7. The first-order valence-corrected chi connectivity index (χ1v) is 7.01. The Labute approximate surface area is 120 Å². The van der Waals surface area contributed by atoms with E-state index in [1.165, 1.54) is 0 Å². The first-order valence-electron chi connectivity index (χ1n) is 6.09. The predicted octanol–water partition coefficient (Wildman–Crippen LogP) is 3.47. The molecular formula is C15H12BrN3. The van der Waals surface area contributed by atoms with Gasteiger partial charge >= 0.3 is 0 Å². The van der Waals surface area contributed by atoms with E-state index in [0.29, 0.717) is 0 Å². The molecule has 3 nitrogen and oxygen atoms in total. The van der Waals surface area contributed by atoms with Crippen molar-refractivity contribution in [2.24, 2.45) is 4.99 Å². The SMILES string of the molecule is BrC1C=C(c2ccccn2)N=C(c2ccccn2)C1. The van der Waals surface area contributed by atoms with Crippen molar-refractivity contribution in [3.05, 3.63) is 66.3 Å². The van der Waals surface area contributed by atoms with Crippen molar-refractivity contribution in [3.8, 4) is 0 Å². The number of rotatable bonds is 2. The molecule has 0 bridgehead atoms. The molecule has 0 radical (unpaired) electrons. The van der Waals surface area contributed by atoms with Crippen molar-refractivity contribution >= 4 is 27.3 Å². The number of allylic oxidation sites excluding steroid dienone is 1. The van der Waals surface area contributed by atoms with Crippen LogP contribution in [0.4, 0.5) is 0 Å². The number of hydrogen-bond donors (Lipinski definition) is 0. The van der Waals surface area contributed by atoms with Crippen LogP contribution in [0, 0.1) is 0 Å². The van der Waals surface area contributed by atoms with Crippen molar-refractivity contribution in [3.63, 3.8) is 0 Å². The number of pyridine rings is 2. The lowest BCUT2D eigenvalue weighted by molar-refractivity contribution is 1.08. The number of hydrogen-bond acceptors (Lipinski definition) is 3. The quantitative estimate of drug-likeness (QED) is 0.796. The van der Waals surface area contributed by atoms with Gasteiger partial charge in [-0.25, -0.2) is 4.99 Å². The molecule has 1 aliphatic heterocycles. The molecule has 1 unspecified atom stereocenters. The number of halogens is 1. The summed E-state index contributed by atoms with van der Waals surface area (Å²) in [7, 11) is 0. The molecule has 1 aliphatic rings. The lowest BCUT2D eigenvalue weighted by Gasteiger charge is -2.16. The molecule has 0 fully saturated rings. The maximum Gasteiger partial charge on any atom is 0.0883 e. The van der Waals surface area contributed by atoms with Gasteiger partial charge in [-0.2, -0.15) is 0 Å². The standard InChI is InChI=1S/C15H12BrN3/c16-11-9-14(12-5-1-3-7-17-12)19-15(10-11)13-6-2-4-8-18-13/h1-9,11H,10H2. The Morgan fingerprint density at radius 2 is 1.63 bits per heavy atom. The van der Waals surface area contributed by atoms with E-state index in [0.717, 1.165) is 29.2 Å². The van der Waals surface area contributed by atoms with Crippen LogP contribution in [-0.2, 0) is 0 Å². The molecule has 0 spiro atoms. The molecule has 2 aromatic rings. The summed E-state index contributed by atoms with van der Waals surface area (Å²) >= 11 is 3.65. The number of nitrogens with zero attached hydrogens (tertiary/aromatic N) is 3. The Morgan fingerprint density at radius 1 is 0.947 bits per heavy atom. The molecule has 1 atom stereocenters. The van der Waals surface area contributed by atoms with Gasteiger partial charge in [-0.15, -0.1) is 0 Å². The molecule has 2 aromatic heterocycles. The number of aromatic nitrogens is 2. The lowest BCUT2D eigenvalue weighted by atomic mass is 10.1. The maximum atomic E-state index is 4.70. The van der Waals surface area contributed by atoms with Crippen molar-refractivity contribution in [1.82, 2.24) is 9.97 Å². The fourth-order valence-electron chi connectivity index (χ4n) is 2.00. The van der Waals surface area contributed by atoms with Gasteiger partial charge in [0.2, 0.25) is 0 Å². The summed E-state index contributed by atoms with van der Waals surface area (Å²) in [5.41, 5.74) is 3.70. The molecule has 19 heavy (non-hydrogen) atoms. The largest absolute Gasteiger partial charge is 0.255 e. The Bertz CT molecular complexity index is 620. The zero-order valence-corrected chi connectivity index (χ0v) is 11.8. The highest BCUT2D eigenvalue weighted by Gasteiger charge is 2.17. The van der Waals surface area contributed by atoms with Crippen LogP contribution in [0.15, 0.2) is 59.9 Å². The van der Waals surface area contributed by atoms with Gasteiger partial charge in [-0.1, -0.05) is 28.1 Å². The average Bonchev–Trinajstić information content (AvgIpc) is 2.48. The van der Waals surface area contributed by atoms with Crippen molar-refractivity contribution in [2.45, 2.75) is 11.2 Å². The minimum Gasteiger partial charge on any atom is -0.255 e. The topological polar surface area (TPSA) is 38.1 Å². The van der Waals surface area contributed by atoms with Crippen LogP contribution in [0.5, 0.6) is 0 Å². The summed E-state index contributed by atoms with van der Waals surface area (Å²) in [5.74, 6) is 0. The van der Waals surface area contributed by atoms with Crippen LogP contribution in [-0.4, -0.2) is 20.5 Å². The monoisotopic (exact) mass is 313 g/mol. The smallest absolute Gasteiger partial charge is 0.0883 e. The molecule has 94 valence electrons. The van der Waals surface area contributed by atoms with Gasteiger partial charge in [0.1, 0.15) is 0 Å². The van der Waals surface area contributed by atoms with Gasteiger partial charge in [-0.3, -0.25) is 9.97 Å². The molecule has 3 heterocycles. The molecule has 0 saturated carbocycles. The minimum absolute atomic E-state index is 0.263. The third kappa shape index (κ3) is 2.79. The average molecular weight is 314 g/mol. The fourth-order valence-corrected chi connectivity index (χ4v) is 2.55. The van der Waals surface area contributed by atoms with Crippen LogP contribution in [0.25, 0.3) is 5.70 Å². The maximum absolute atomic E-state index is 4.70. The van der Waals surface area contributed by atoms with Crippen LogP contribution >= 0.6 is 15.9 Å². The highest BCUT2D eigenvalue weighted by atomic mass is 79.9. The van der Waals surface area contributed by atoms with Crippen LogP contribution in [0.1, 0.15) is 17.8 Å². The summed E-state index contributed by atoms with van der Waals surface area (Å²) in [6.07, 6.45) is 6.51. The van der Waals surface area contributed by atoms with E-state index in [-0.39, 0.29) is 4.83 Å². The van der Waals surface area contributed by atoms with E-state index in [1.807, 2.05) is 36.4 Å². The second kappa shape index (κ2) is 5.45. The van der Waals surface area contributed by atoms with Gasteiger partial charge in [0.15, 0.2) is 0 Å². The first kappa shape index (κ1) is 12.2. The lowest BCUT2D eigenvalue weighted by Crippen LogP contribution is -2.14. The second-order valence-electron chi connectivity index (χ2n) is 4.26. The molecular weight excluding hydrogens is 302 g/mol. The van der Waals surface area contributed by atoms with E-state index >= 15 is 0 Å². The van der Waals surface area contributed by atoms with Crippen LogP contribution in [0.2, 0.25) is 0 Å². The van der Waals surface area contributed by atoms with Gasteiger partial charge in [-0.05, 0) is 30.3 Å². The Hall–Kier alpha value is -1.81. The van der Waals surface area contributed by atoms with E-state index < -0.39 is 0 Å². The molecule has 4 heteroatoms. The minimum atomic E-state index is 0.263. The highest BCUT2D eigenvalue weighted by molar-refractivity contribution is 9.09. The fraction of sp³-hybridized carbons (Fsp3) is 0.133. The summed E-state index contributed by atoms with van der Waals surface area (Å²) in [4.78, 5) is 13.7. The van der Waals surface area contributed by atoms with Gasteiger partial charge < -0.3 is 0 Å². The van der Waals surface area contributed by atoms with E-state index in [9.17, 15) is 0 Å². The molecule has 3 rings (SSSR count). The molecule has 0 N–H and O–H groups in total. The molecule has 0 aliphatic carbocycles. The van der Waals surface area contributed by atoms with Crippen molar-refractivity contribution in [1.29, 1.82) is 0 Å². The molecule has 0 aromatic carbocycles. The van der Waals surface area contributed by atoms with Gasteiger partial charge in [0.05, 0.1) is 22.8 Å². The van der Waals surface area contributed by atoms with Gasteiger partial charge in [0, 0.05) is 23.6 Å². The Balaban J connectivity index is 2.00. The predicted molar refractivity (Wildman–Crippen MR) is 80.3 cm³/mol. The van der Waals surface area contributed by atoms with Crippen molar-refractivity contribution < 1.29 is 0 Å². The zero-order chi connectivity index (χ0) is 13.1. The third-order valence-corrected chi connectivity index (χ3v) is 3.46. The zero-order valence-electron chi connectivity index (χ0n) is 10.2. The molecule has 0 amide bonds. The van der Waals surface area contributed by atoms with Gasteiger partial charge in [0.25, 0.3) is 0 Å². The Kier molecular flexibility index (Phi) is 3.51. The van der Waals surface area contributed by atoms with Crippen LogP contribution < -0.4 is 0 Å². The summed E-state index contributed by atoms with van der Waals surface area (Å²) < 4.78 is 0. The summed E-state index contributed by atoms with van der Waals surface area (Å²) in [5, 5.41) is 0. The van der Waals surface area contributed by atoms with Crippen molar-refractivity contribution in [2.75, 3.05) is 0 Å². The normalized spacial score (nSPS) is 18.7. The first-order chi connectivity index (χ1) is 9.33. The highest BCUT2D eigenvalue weighted by Crippen LogP contribution is 2.25. The van der Waals surface area contributed by atoms with Crippen LogP contribution in [0.3, 0.4) is 0 Å². The number of alkyl halides is 1. The van der Waals surface area contributed by atoms with E-state index in [2.05, 4.69) is 32.0 Å².